The second kappa shape index (κ2) is 11.5. The Labute approximate surface area is 189 Å². The molecule has 0 aliphatic carbocycles. The lowest BCUT2D eigenvalue weighted by Gasteiger charge is -2.33. The van der Waals surface area contributed by atoms with Crippen molar-refractivity contribution >= 4 is 8.60 Å². The van der Waals surface area contributed by atoms with Crippen molar-refractivity contribution in [2.45, 2.75) is 73.9 Å². The van der Waals surface area contributed by atoms with Gasteiger partial charge in [-0.1, -0.05) is 0 Å². The summed E-state index contributed by atoms with van der Waals surface area (Å²) in [6.07, 6.45) is -33.4. The molecule has 224 valence electrons. The lowest BCUT2D eigenvalue weighted by atomic mass is 10.2. The zero-order chi connectivity index (χ0) is 30.2. The zero-order valence-corrected chi connectivity index (χ0v) is 17.0. The molecule has 0 aromatic carbocycles. The van der Waals surface area contributed by atoms with E-state index in [1.165, 1.54) is 0 Å². The summed E-state index contributed by atoms with van der Waals surface area (Å²) in [5.74, 6) is -41.6. The fraction of sp³-hybridized carbons (Fsp3) is 1.00. The predicted octanol–water partition coefficient (Wildman–Crippen LogP) is 7.76. The van der Waals surface area contributed by atoms with Gasteiger partial charge in [-0.25, -0.2) is 39.5 Å². The minimum Gasteiger partial charge on any atom is -0.270 e. The number of hydrogen-bond donors (Lipinski definition) is 0. The molecule has 0 saturated carbocycles. The monoisotopic (exact) mass is 628 g/mol. The molecule has 0 aromatic rings. The molecular formula is C12H6F21O3P. The van der Waals surface area contributed by atoms with E-state index in [9.17, 15) is 92.2 Å². The first-order chi connectivity index (χ1) is 16.1. The summed E-state index contributed by atoms with van der Waals surface area (Å²) in [4.78, 5) is 0. The van der Waals surface area contributed by atoms with Crippen LogP contribution in [0.4, 0.5) is 92.2 Å². The zero-order valence-electron chi connectivity index (χ0n) is 16.1. The second-order valence-corrected chi connectivity index (χ2v) is 7.21. The molecule has 0 amide bonds. The van der Waals surface area contributed by atoms with Crippen molar-refractivity contribution in [1.29, 1.82) is 0 Å². The van der Waals surface area contributed by atoms with Gasteiger partial charge in [-0.15, -0.1) is 0 Å². The number of hydrogen-bond acceptors (Lipinski definition) is 3. The predicted molar refractivity (Wildman–Crippen MR) is 72.6 cm³/mol. The van der Waals surface area contributed by atoms with Gasteiger partial charge in [0, 0.05) is 0 Å². The van der Waals surface area contributed by atoms with Crippen molar-refractivity contribution in [3.8, 4) is 0 Å². The summed E-state index contributed by atoms with van der Waals surface area (Å²) in [6, 6.07) is 0. The summed E-state index contributed by atoms with van der Waals surface area (Å²) >= 11 is 0. The maximum atomic E-state index is 13.4. The number of halogens is 21. The van der Waals surface area contributed by atoms with Gasteiger partial charge in [0.05, 0.1) is 0 Å². The van der Waals surface area contributed by atoms with Crippen molar-refractivity contribution in [3.05, 3.63) is 0 Å². The van der Waals surface area contributed by atoms with Crippen LogP contribution < -0.4 is 0 Å². The topological polar surface area (TPSA) is 27.7 Å². The first-order valence-corrected chi connectivity index (χ1v) is 9.06. The largest absolute Gasteiger partial charge is 0.374 e. The summed E-state index contributed by atoms with van der Waals surface area (Å²) in [5.41, 5.74) is 0. The quantitative estimate of drug-likeness (QED) is 0.137. The molecule has 0 bridgehead atoms. The minimum absolute atomic E-state index is 2.61. The molecule has 0 rings (SSSR count). The average Bonchev–Trinajstić information content (AvgIpc) is 2.72. The van der Waals surface area contributed by atoms with Gasteiger partial charge in [0.15, 0.2) is 0 Å². The molecule has 0 aromatic heterocycles. The molecule has 3 nitrogen and oxygen atoms in total. The van der Waals surface area contributed by atoms with Crippen molar-refractivity contribution in [3.63, 3.8) is 0 Å². The van der Waals surface area contributed by atoms with Crippen LogP contribution in [0.1, 0.15) is 0 Å². The van der Waals surface area contributed by atoms with Gasteiger partial charge in [-0.3, -0.25) is 13.6 Å². The Kier molecular flexibility index (Phi) is 11.2. The van der Waals surface area contributed by atoms with Crippen LogP contribution in [0.25, 0.3) is 0 Å². The van der Waals surface area contributed by atoms with Crippen molar-refractivity contribution < 1.29 is 106 Å². The van der Waals surface area contributed by atoms with Crippen LogP contribution in [0.2, 0.25) is 0 Å². The van der Waals surface area contributed by atoms with Crippen LogP contribution in [0.15, 0.2) is 0 Å². The van der Waals surface area contributed by atoms with E-state index in [2.05, 4.69) is 13.6 Å². The molecule has 3 unspecified atom stereocenters. The highest BCUT2D eigenvalue weighted by atomic mass is 31.2. The summed E-state index contributed by atoms with van der Waals surface area (Å²) in [5, 5.41) is 0. The van der Waals surface area contributed by atoms with Crippen molar-refractivity contribution in [2.75, 3.05) is 0 Å². The standard InChI is InChI=1S/C12H6F21O3P/c13-1(14)7(22,23)10(28,29)4(19)34-37(35-5(20)11(30,31)8(24,25)2(15)16)36-6(21)12(32,33)9(26,27)3(17)18/h1-6H. The van der Waals surface area contributed by atoms with Gasteiger partial charge in [0.25, 0.3) is 19.1 Å². The Bertz CT molecular complexity index is 636. The molecule has 25 heteroatoms. The van der Waals surface area contributed by atoms with Gasteiger partial charge in [-0.05, 0) is 0 Å². The fourth-order valence-electron chi connectivity index (χ4n) is 1.39. The Balaban J connectivity index is 6.33. The Morgan fingerprint density at radius 2 is 0.486 bits per heavy atom. The third-order valence-corrected chi connectivity index (χ3v) is 4.62. The Hall–Kier alpha value is -1.16. The second-order valence-electron chi connectivity index (χ2n) is 6.13. The molecule has 0 aliphatic rings. The van der Waals surface area contributed by atoms with E-state index in [0.29, 0.717) is 0 Å². The highest BCUT2D eigenvalue weighted by Crippen LogP contribution is 2.56. The van der Waals surface area contributed by atoms with Gasteiger partial charge >= 0.3 is 63.4 Å². The molecular weight excluding hydrogens is 622 g/mol. The van der Waals surface area contributed by atoms with Crippen molar-refractivity contribution in [1.82, 2.24) is 0 Å². The van der Waals surface area contributed by atoms with Crippen LogP contribution in [0.5, 0.6) is 0 Å². The SMILES string of the molecule is FC(F)C(F)(F)C(F)(F)C(F)OP(OC(F)C(F)(F)C(F)(F)C(F)F)OC(F)C(F)(F)C(F)(F)C(F)F. The number of rotatable bonds is 15. The summed E-state index contributed by atoms with van der Waals surface area (Å²) < 4.78 is 276. The normalized spacial score (nSPS) is 18.5. The van der Waals surface area contributed by atoms with E-state index < -0.39 is 82.5 Å². The summed E-state index contributed by atoms with van der Waals surface area (Å²) in [7, 11) is -5.87. The Morgan fingerprint density at radius 1 is 0.324 bits per heavy atom. The molecule has 0 N–H and O–H groups in total. The Morgan fingerprint density at radius 3 is 0.622 bits per heavy atom. The smallest absolute Gasteiger partial charge is 0.270 e. The average molecular weight is 628 g/mol. The number of alkyl halides is 21. The molecule has 0 fully saturated rings. The van der Waals surface area contributed by atoms with Gasteiger partial charge in [0.2, 0.25) is 0 Å². The molecule has 0 heterocycles. The molecule has 0 spiro atoms. The van der Waals surface area contributed by atoms with Crippen LogP contribution >= 0.6 is 8.60 Å². The van der Waals surface area contributed by atoms with E-state index in [1.54, 1.807) is 0 Å². The van der Waals surface area contributed by atoms with Crippen LogP contribution in [-0.4, -0.2) is 73.9 Å². The van der Waals surface area contributed by atoms with Crippen LogP contribution in [0.3, 0.4) is 0 Å². The molecule has 0 radical (unpaired) electrons. The van der Waals surface area contributed by atoms with Gasteiger partial charge in [0.1, 0.15) is 0 Å². The van der Waals surface area contributed by atoms with E-state index in [0.717, 1.165) is 0 Å². The van der Waals surface area contributed by atoms with Gasteiger partial charge < -0.3 is 0 Å². The maximum Gasteiger partial charge on any atom is 0.374 e. The van der Waals surface area contributed by atoms with E-state index >= 15 is 0 Å². The first kappa shape index (κ1) is 35.8. The minimum atomic E-state index is -6.98. The molecule has 0 saturated heterocycles. The molecule has 3 atom stereocenters. The van der Waals surface area contributed by atoms with Gasteiger partial charge in [-0.2, -0.15) is 52.7 Å². The van der Waals surface area contributed by atoms with E-state index in [1.807, 2.05) is 0 Å². The lowest BCUT2D eigenvalue weighted by molar-refractivity contribution is -0.328. The third-order valence-electron chi connectivity index (χ3n) is 3.55. The van der Waals surface area contributed by atoms with Crippen molar-refractivity contribution in [2.24, 2.45) is 0 Å². The maximum absolute atomic E-state index is 13.4. The molecule has 0 aliphatic heterocycles. The lowest BCUT2D eigenvalue weighted by Crippen LogP contribution is -2.54. The molecule has 37 heavy (non-hydrogen) atoms. The third kappa shape index (κ3) is 6.89. The van der Waals surface area contributed by atoms with E-state index in [-0.39, 0.29) is 0 Å². The highest BCUT2D eigenvalue weighted by molar-refractivity contribution is 7.41. The fourth-order valence-corrected chi connectivity index (χ4v) is 2.39. The van der Waals surface area contributed by atoms with Crippen LogP contribution in [-0.2, 0) is 13.6 Å². The highest BCUT2D eigenvalue weighted by Gasteiger charge is 2.72. The van der Waals surface area contributed by atoms with Crippen LogP contribution in [0, 0.1) is 0 Å². The first-order valence-electron chi connectivity index (χ1n) is 7.97. The summed E-state index contributed by atoms with van der Waals surface area (Å²) in [6.45, 7) is 0. The van der Waals surface area contributed by atoms with E-state index in [4.69, 9.17) is 0 Å².